The summed E-state index contributed by atoms with van der Waals surface area (Å²) in [4.78, 5) is 10.5. The van der Waals surface area contributed by atoms with Crippen LogP contribution < -0.4 is 10.6 Å². The topological polar surface area (TPSA) is 61.4 Å². The molecule has 0 radical (unpaired) electrons. The molecule has 1 amide bonds. The number of hydrogen-bond acceptors (Lipinski definition) is 2. The molecular weight excluding hydrogens is 252 g/mol. The van der Waals surface area contributed by atoms with E-state index in [0.717, 1.165) is 19.4 Å². The van der Waals surface area contributed by atoms with Crippen LogP contribution in [0.25, 0.3) is 0 Å². The van der Waals surface area contributed by atoms with Crippen LogP contribution in [0, 0.1) is 5.92 Å². The van der Waals surface area contributed by atoms with Crippen molar-refractivity contribution in [1.29, 1.82) is 0 Å². The maximum Gasteiger partial charge on any atom is 0.404 e. The van der Waals surface area contributed by atoms with Crippen LogP contribution in [0.15, 0.2) is 30.3 Å². The number of rotatable bonds is 3. The first-order valence-electron chi connectivity index (χ1n) is 6.01. The van der Waals surface area contributed by atoms with E-state index in [1.807, 2.05) is 18.2 Å². The lowest BCUT2D eigenvalue weighted by molar-refractivity contribution is 0.189. The minimum absolute atomic E-state index is 0. The molecule has 0 spiro atoms. The summed E-state index contributed by atoms with van der Waals surface area (Å²) in [5.74, 6) is 0.428. The van der Waals surface area contributed by atoms with Crippen molar-refractivity contribution in [3.8, 4) is 0 Å². The Balaban J connectivity index is 0.00000162. The quantitative estimate of drug-likeness (QED) is 0.790. The molecule has 100 valence electrons. The Morgan fingerprint density at radius 3 is 2.78 bits per heavy atom. The number of halogens is 1. The molecule has 4 nitrogen and oxygen atoms in total. The Hall–Kier alpha value is -1.26. The third-order valence-electron chi connectivity index (χ3n) is 3.26. The Labute approximate surface area is 113 Å². The fraction of sp³-hybridized carbons (Fsp3) is 0.462. The SMILES string of the molecule is Cl.O=C(O)NC[C@H]1CCN[C@H](c2ccccc2)C1. The van der Waals surface area contributed by atoms with Gasteiger partial charge in [0.1, 0.15) is 0 Å². The Kier molecular flexibility index (Phi) is 5.95. The van der Waals surface area contributed by atoms with Crippen molar-refractivity contribution in [3.05, 3.63) is 35.9 Å². The summed E-state index contributed by atoms with van der Waals surface area (Å²) in [6, 6.07) is 10.7. The van der Waals surface area contributed by atoms with Gasteiger partial charge in [-0.05, 0) is 30.9 Å². The lowest BCUT2D eigenvalue weighted by Gasteiger charge is -2.30. The van der Waals surface area contributed by atoms with Gasteiger partial charge in [0.25, 0.3) is 0 Å². The summed E-state index contributed by atoms with van der Waals surface area (Å²) in [5, 5.41) is 14.6. The van der Waals surface area contributed by atoms with E-state index >= 15 is 0 Å². The molecule has 0 unspecified atom stereocenters. The van der Waals surface area contributed by atoms with E-state index in [-0.39, 0.29) is 12.4 Å². The summed E-state index contributed by atoms with van der Waals surface area (Å²) in [6.45, 7) is 1.51. The van der Waals surface area contributed by atoms with Gasteiger partial charge in [-0.15, -0.1) is 12.4 Å². The second kappa shape index (κ2) is 7.24. The van der Waals surface area contributed by atoms with Crippen LogP contribution in [-0.2, 0) is 0 Å². The van der Waals surface area contributed by atoms with E-state index in [0.29, 0.717) is 18.5 Å². The maximum absolute atomic E-state index is 10.5. The second-order valence-corrected chi connectivity index (χ2v) is 4.49. The largest absolute Gasteiger partial charge is 0.465 e. The molecule has 0 saturated carbocycles. The highest BCUT2D eigenvalue weighted by Crippen LogP contribution is 2.26. The van der Waals surface area contributed by atoms with Crippen molar-refractivity contribution in [3.63, 3.8) is 0 Å². The van der Waals surface area contributed by atoms with Crippen LogP contribution in [-0.4, -0.2) is 24.3 Å². The van der Waals surface area contributed by atoms with Crippen LogP contribution in [0.2, 0.25) is 0 Å². The molecule has 1 heterocycles. The Morgan fingerprint density at radius 1 is 1.39 bits per heavy atom. The number of piperidine rings is 1. The number of hydrogen-bond donors (Lipinski definition) is 3. The lowest BCUT2D eigenvalue weighted by Crippen LogP contribution is -2.37. The highest BCUT2D eigenvalue weighted by Gasteiger charge is 2.22. The van der Waals surface area contributed by atoms with E-state index in [4.69, 9.17) is 5.11 Å². The monoisotopic (exact) mass is 270 g/mol. The second-order valence-electron chi connectivity index (χ2n) is 4.49. The highest BCUT2D eigenvalue weighted by molar-refractivity contribution is 5.85. The molecule has 1 aromatic rings. The molecule has 5 heteroatoms. The van der Waals surface area contributed by atoms with Gasteiger partial charge in [0.15, 0.2) is 0 Å². The summed E-state index contributed by atoms with van der Waals surface area (Å²) in [7, 11) is 0. The number of nitrogens with one attached hydrogen (secondary N) is 2. The molecule has 18 heavy (non-hydrogen) atoms. The van der Waals surface area contributed by atoms with Crippen LogP contribution in [0.1, 0.15) is 24.4 Å². The van der Waals surface area contributed by atoms with Crippen molar-refractivity contribution in [2.24, 2.45) is 5.92 Å². The third kappa shape index (κ3) is 4.20. The van der Waals surface area contributed by atoms with E-state index in [2.05, 4.69) is 22.8 Å². The molecule has 0 aliphatic carbocycles. The first-order chi connectivity index (χ1) is 8.25. The van der Waals surface area contributed by atoms with Gasteiger partial charge in [-0.3, -0.25) is 0 Å². The number of amides is 1. The van der Waals surface area contributed by atoms with Gasteiger partial charge in [-0.1, -0.05) is 30.3 Å². The molecule has 2 rings (SSSR count). The average molecular weight is 271 g/mol. The van der Waals surface area contributed by atoms with E-state index < -0.39 is 6.09 Å². The van der Waals surface area contributed by atoms with Gasteiger partial charge < -0.3 is 15.7 Å². The van der Waals surface area contributed by atoms with Crippen LogP contribution in [0.4, 0.5) is 4.79 Å². The summed E-state index contributed by atoms with van der Waals surface area (Å²) >= 11 is 0. The molecule has 1 saturated heterocycles. The van der Waals surface area contributed by atoms with Gasteiger partial charge in [0.2, 0.25) is 0 Å². The standard InChI is InChI=1S/C13H18N2O2.ClH/c16-13(17)15-9-10-6-7-14-12(8-10)11-4-2-1-3-5-11;/h1-5,10,12,14-15H,6-9H2,(H,16,17);1H/t10-,12-;/m0./s1. The van der Waals surface area contributed by atoms with Gasteiger partial charge >= 0.3 is 6.09 Å². The van der Waals surface area contributed by atoms with Crippen molar-refractivity contribution >= 4 is 18.5 Å². The highest BCUT2D eigenvalue weighted by atomic mass is 35.5. The minimum atomic E-state index is -0.931. The average Bonchev–Trinajstić information content (AvgIpc) is 2.38. The fourth-order valence-corrected chi connectivity index (χ4v) is 2.35. The van der Waals surface area contributed by atoms with Crippen molar-refractivity contribution in [2.75, 3.05) is 13.1 Å². The van der Waals surface area contributed by atoms with Crippen molar-refractivity contribution < 1.29 is 9.90 Å². The maximum atomic E-state index is 10.5. The van der Waals surface area contributed by atoms with Crippen LogP contribution in [0.3, 0.4) is 0 Å². The van der Waals surface area contributed by atoms with E-state index in [1.165, 1.54) is 5.56 Å². The summed E-state index contributed by atoms with van der Waals surface area (Å²) in [6.07, 6.45) is 1.09. The zero-order chi connectivity index (χ0) is 12.1. The normalized spacial score (nSPS) is 22.9. The molecule has 1 aliphatic heterocycles. The van der Waals surface area contributed by atoms with Gasteiger partial charge in [0.05, 0.1) is 0 Å². The first kappa shape index (κ1) is 14.8. The predicted molar refractivity (Wildman–Crippen MR) is 73.2 cm³/mol. The van der Waals surface area contributed by atoms with Crippen molar-refractivity contribution in [1.82, 2.24) is 10.6 Å². The van der Waals surface area contributed by atoms with Crippen LogP contribution >= 0.6 is 12.4 Å². The molecule has 0 bridgehead atoms. The first-order valence-corrected chi connectivity index (χ1v) is 6.01. The molecule has 0 aromatic heterocycles. The zero-order valence-electron chi connectivity index (χ0n) is 10.1. The zero-order valence-corrected chi connectivity index (χ0v) is 11.0. The Bertz CT molecular complexity index is 373. The lowest BCUT2D eigenvalue weighted by atomic mass is 9.89. The summed E-state index contributed by atoms with van der Waals surface area (Å²) in [5.41, 5.74) is 1.28. The molecule has 3 N–H and O–H groups in total. The minimum Gasteiger partial charge on any atom is -0.465 e. The molecule has 1 aromatic carbocycles. The third-order valence-corrected chi connectivity index (χ3v) is 3.26. The molecular formula is C13H19ClN2O2. The van der Waals surface area contributed by atoms with Gasteiger partial charge in [-0.25, -0.2) is 4.79 Å². The molecule has 2 atom stereocenters. The van der Waals surface area contributed by atoms with Gasteiger partial charge in [-0.2, -0.15) is 0 Å². The summed E-state index contributed by atoms with van der Waals surface area (Å²) < 4.78 is 0. The smallest absolute Gasteiger partial charge is 0.404 e. The fourth-order valence-electron chi connectivity index (χ4n) is 2.35. The van der Waals surface area contributed by atoms with Gasteiger partial charge in [0, 0.05) is 12.6 Å². The predicted octanol–water partition coefficient (Wildman–Crippen LogP) is 2.42. The van der Waals surface area contributed by atoms with E-state index in [1.54, 1.807) is 0 Å². The van der Waals surface area contributed by atoms with E-state index in [9.17, 15) is 4.79 Å². The number of carboxylic acid groups (broad SMARTS) is 1. The Morgan fingerprint density at radius 2 is 2.11 bits per heavy atom. The molecule has 1 fully saturated rings. The van der Waals surface area contributed by atoms with Crippen LogP contribution in [0.5, 0.6) is 0 Å². The number of benzene rings is 1. The molecule has 1 aliphatic rings. The number of carbonyl (C=O) groups is 1. The van der Waals surface area contributed by atoms with Crippen molar-refractivity contribution in [2.45, 2.75) is 18.9 Å².